The highest BCUT2D eigenvalue weighted by Gasteiger charge is 2.25. The average Bonchev–Trinajstić information content (AvgIpc) is 2.88. The number of anilines is 2. The number of nitrogens with one attached hydrogen (secondary N) is 2. The molecule has 4 rings (SSSR count). The van der Waals surface area contributed by atoms with Crippen LogP contribution in [0.5, 0.6) is 5.75 Å². The molecule has 0 spiro atoms. The molecule has 198 valence electrons. The van der Waals surface area contributed by atoms with E-state index in [1.807, 2.05) is 19.1 Å². The molecule has 7 nitrogen and oxygen atoms in total. The molecule has 11 heteroatoms. The molecule has 3 aromatic carbocycles. The van der Waals surface area contributed by atoms with E-state index in [1.54, 1.807) is 35.2 Å². The molecule has 0 aromatic heterocycles. The SMILES string of the molecule is COc1c(C)cc(Br)cc1C(=O)NC(=S)Nc1cc(Cl)ccc1N1CCN(C(=O)c2ccccc2F)CC1. The summed E-state index contributed by atoms with van der Waals surface area (Å²) < 4.78 is 20.2. The fourth-order valence-corrected chi connectivity index (χ4v) is 5.28. The molecule has 0 bridgehead atoms. The predicted octanol–water partition coefficient (Wildman–Crippen LogP) is 5.65. The van der Waals surface area contributed by atoms with Crippen LogP contribution in [-0.4, -0.2) is 55.1 Å². The van der Waals surface area contributed by atoms with Gasteiger partial charge in [-0.05, 0) is 67.2 Å². The van der Waals surface area contributed by atoms with Gasteiger partial charge in [0.15, 0.2) is 5.11 Å². The molecule has 1 aliphatic heterocycles. The van der Waals surface area contributed by atoms with Crippen molar-refractivity contribution in [1.29, 1.82) is 0 Å². The molecular weight excluding hydrogens is 595 g/mol. The minimum atomic E-state index is -0.532. The lowest BCUT2D eigenvalue weighted by molar-refractivity contribution is 0.0742. The first-order valence-electron chi connectivity index (χ1n) is 11.7. The van der Waals surface area contributed by atoms with Gasteiger partial charge in [0, 0.05) is 35.7 Å². The number of ether oxygens (including phenoxy) is 1. The summed E-state index contributed by atoms with van der Waals surface area (Å²) >= 11 is 15.1. The average molecular weight is 620 g/mol. The van der Waals surface area contributed by atoms with Gasteiger partial charge in [-0.1, -0.05) is 39.7 Å². The van der Waals surface area contributed by atoms with Crippen molar-refractivity contribution in [3.63, 3.8) is 0 Å². The summed E-state index contributed by atoms with van der Waals surface area (Å²) in [4.78, 5) is 29.5. The van der Waals surface area contributed by atoms with Gasteiger partial charge in [-0.2, -0.15) is 0 Å². The van der Waals surface area contributed by atoms with E-state index in [4.69, 9.17) is 28.6 Å². The van der Waals surface area contributed by atoms with Crippen LogP contribution in [-0.2, 0) is 0 Å². The maximum absolute atomic E-state index is 14.1. The van der Waals surface area contributed by atoms with Crippen molar-refractivity contribution < 1.29 is 18.7 Å². The van der Waals surface area contributed by atoms with Crippen molar-refractivity contribution in [2.75, 3.05) is 43.5 Å². The Hall–Kier alpha value is -3.21. The molecule has 1 saturated heterocycles. The smallest absolute Gasteiger partial charge is 0.261 e. The lowest BCUT2D eigenvalue weighted by Crippen LogP contribution is -2.49. The molecule has 0 saturated carbocycles. The first kappa shape index (κ1) is 27.8. The number of thiocarbonyl (C=S) groups is 1. The van der Waals surface area contributed by atoms with E-state index in [0.29, 0.717) is 48.2 Å². The molecule has 1 fully saturated rings. The van der Waals surface area contributed by atoms with E-state index < -0.39 is 11.7 Å². The van der Waals surface area contributed by atoms with Gasteiger partial charge in [0.05, 0.1) is 29.6 Å². The summed E-state index contributed by atoms with van der Waals surface area (Å²) in [6, 6.07) is 14.8. The Balaban J connectivity index is 1.45. The minimum absolute atomic E-state index is 0.0631. The number of halogens is 3. The second-order valence-electron chi connectivity index (χ2n) is 8.63. The largest absolute Gasteiger partial charge is 0.496 e. The molecule has 1 aliphatic rings. The molecule has 38 heavy (non-hydrogen) atoms. The fraction of sp³-hybridized carbons (Fsp3) is 0.222. The Bertz CT molecular complexity index is 1400. The van der Waals surface area contributed by atoms with E-state index in [-0.39, 0.29) is 16.6 Å². The third kappa shape index (κ3) is 6.25. The number of carbonyl (C=O) groups excluding carboxylic acids is 2. The third-order valence-electron chi connectivity index (χ3n) is 6.13. The highest BCUT2D eigenvalue weighted by atomic mass is 79.9. The normalized spacial score (nSPS) is 13.2. The Morgan fingerprint density at radius 1 is 1.05 bits per heavy atom. The topological polar surface area (TPSA) is 73.9 Å². The summed E-state index contributed by atoms with van der Waals surface area (Å²) in [6.45, 7) is 3.71. The van der Waals surface area contributed by atoms with Crippen LogP contribution >= 0.6 is 39.7 Å². The zero-order valence-electron chi connectivity index (χ0n) is 20.7. The van der Waals surface area contributed by atoms with Crippen LogP contribution < -0.4 is 20.3 Å². The van der Waals surface area contributed by atoms with Gasteiger partial charge >= 0.3 is 0 Å². The Labute approximate surface area is 239 Å². The molecule has 2 amide bonds. The molecule has 0 unspecified atom stereocenters. The van der Waals surface area contributed by atoms with Gasteiger partial charge < -0.3 is 19.9 Å². The van der Waals surface area contributed by atoms with Crippen molar-refractivity contribution in [3.8, 4) is 5.75 Å². The number of amides is 2. The quantitative estimate of drug-likeness (QED) is 0.360. The van der Waals surface area contributed by atoms with Crippen LogP contribution in [0.1, 0.15) is 26.3 Å². The van der Waals surface area contributed by atoms with E-state index in [2.05, 4.69) is 31.5 Å². The summed E-state index contributed by atoms with van der Waals surface area (Å²) in [5.74, 6) is -0.832. The molecule has 1 heterocycles. The van der Waals surface area contributed by atoms with Gasteiger partial charge in [0.25, 0.3) is 11.8 Å². The highest BCUT2D eigenvalue weighted by molar-refractivity contribution is 9.10. The maximum atomic E-state index is 14.1. The van der Waals surface area contributed by atoms with Crippen LogP contribution in [0.4, 0.5) is 15.8 Å². The fourth-order valence-electron chi connectivity index (χ4n) is 4.33. The van der Waals surface area contributed by atoms with Crippen molar-refractivity contribution in [2.45, 2.75) is 6.92 Å². The third-order valence-corrected chi connectivity index (χ3v) is 7.03. The van der Waals surface area contributed by atoms with E-state index >= 15 is 0 Å². The van der Waals surface area contributed by atoms with Crippen LogP contribution in [0.2, 0.25) is 5.02 Å². The lowest BCUT2D eigenvalue weighted by Gasteiger charge is -2.37. The van der Waals surface area contributed by atoms with E-state index in [0.717, 1.165) is 15.7 Å². The zero-order valence-corrected chi connectivity index (χ0v) is 23.8. The van der Waals surface area contributed by atoms with Crippen molar-refractivity contribution >= 4 is 68.1 Å². The Kier molecular flexibility index (Phi) is 8.86. The molecule has 3 aromatic rings. The standard InChI is InChI=1S/C27H25BrClFN4O3S/c1-16-13-17(28)14-20(24(16)37-2)25(35)32-27(38)31-22-15-18(29)7-8-23(22)33-9-11-34(12-10-33)26(36)19-5-3-4-6-21(19)30/h3-8,13-15H,9-12H2,1-2H3,(H2,31,32,35,38). The number of benzene rings is 3. The zero-order chi connectivity index (χ0) is 27.4. The minimum Gasteiger partial charge on any atom is -0.496 e. The van der Waals surface area contributed by atoms with Crippen LogP contribution in [0.15, 0.2) is 59.1 Å². The number of hydrogen-bond donors (Lipinski definition) is 2. The monoisotopic (exact) mass is 618 g/mol. The molecule has 0 radical (unpaired) electrons. The number of piperazine rings is 1. The van der Waals surface area contributed by atoms with Crippen molar-refractivity contribution in [2.24, 2.45) is 0 Å². The molecular formula is C27H25BrClFN4O3S. The number of methoxy groups -OCH3 is 1. The van der Waals surface area contributed by atoms with Crippen LogP contribution in [0.25, 0.3) is 0 Å². The first-order chi connectivity index (χ1) is 18.2. The highest BCUT2D eigenvalue weighted by Crippen LogP contribution is 2.31. The Morgan fingerprint density at radius 3 is 2.45 bits per heavy atom. The van der Waals surface area contributed by atoms with E-state index in [1.165, 1.54) is 19.2 Å². The summed E-state index contributed by atoms with van der Waals surface area (Å²) in [5, 5.41) is 6.35. The van der Waals surface area contributed by atoms with E-state index in [9.17, 15) is 14.0 Å². The van der Waals surface area contributed by atoms with Gasteiger partial charge in [-0.3, -0.25) is 14.9 Å². The van der Waals surface area contributed by atoms with Crippen LogP contribution in [0, 0.1) is 12.7 Å². The first-order valence-corrected chi connectivity index (χ1v) is 13.3. The summed E-state index contributed by atoms with van der Waals surface area (Å²) in [7, 11) is 1.51. The molecule has 2 N–H and O–H groups in total. The summed E-state index contributed by atoms with van der Waals surface area (Å²) in [6.07, 6.45) is 0. The number of nitrogens with zero attached hydrogens (tertiary/aromatic N) is 2. The number of hydrogen-bond acceptors (Lipinski definition) is 5. The van der Waals surface area contributed by atoms with Crippen molar-refractivity contribution in [1.82, 2.24) is 10.2 Å². The van der Waals surface area contributed by atoms with Gasteiger partial charge in [0.2, 0.25) is 0 Å². The Morgan fingerprint density at radius 2 is 1.76 bits per heavy atom. The molecule has 0 atom stereocenters. The second kappa shape index (κ2) is 12.1. The second-order valence-corrected chi connectivity index (χ2v) is 10.4. The lowest BCUT2D eigenvalue weighted by atomic mass is 10.1. The van der Waals surface area contributed by atoms with Crippen molar-refractivity contribution in [3.05, 3.63) is 86.6 Å². The van der Waals surface area contributed by atoms with Gasteiger partial charge in [0.1, 0.15) is 11.6 Å². The van der Waals surface area contributed by atoms with Gasteiger partial charge in [-0.25, -0.2) is 4.39 Å². The number of carbonyl (C=O) groups is 2. The predicted molar refractivity (Wildman–Crippen MR) is 155 cm³/mol. The maximum Gasteiger partial charge on any atom is 0.261 e. The number of rotatable bonds is 5. The molecule has 0 aliphatic carbocycles. The summed E-state index contributed by atoms with van der Waals surface area (Å²) in [5.41, 5.74) is 2.61. The number of aryl methyl sites for hydroxylation is 1. The van der Waals surface area contributed by atoms with Gasteiger partial charge in [-0.15, -0.1) is 0 Å². The van der Waals surface area contributed by atoms with Crippen LogP contribution in [0.3, 0.4) is 0 Å².